The van der Waals surface area contributed by atoms with E-state index in [0.29, 0.717) is 11.8 Å². The number of aryl methyl sites for hydroxylation is 2. The van der Waals surface area contributed by atoms with Gasteiger partial charge in [-0.1, -0.05) is 31.2 Å². The second kappa shape index (κ2) is 7.38. The third-order valence-corrected chi connectivity index (χ3v) is 7.03. The molecule has 0 bridgehead atoms. The van der Waals surface area contributed by atoms with Crippen LogP contribution < -0.4 is 0 Å². The number of imidazole rings is 1. The molecule has 29 heavy (non-hydrogen) atoms. The van der Waals surface area contributed by atoms with Gasteiger partial charge in [-0.2, -0.15) is 0 Å². The van der Waals surface area contributed by atoms with E-state index in [4.69, 9.17) is 0 Å². The van der Waals surface area contributed by atoms with Crippen molar-refractivity contribution in [3.8, 4) is 11.1 Å². The van der Waals surface area contributed by atoms with Gasteiger partial charge < -0.3 is 9.88 Å². The Hall–Kier alpha value is -2.53. The van der Waals surface area contributed by atoms with Crippen LogP contribution >= 0.6 is 11.8 Å². The molecular weight excluding hydrogens is 378 g/mol. The molecule has 0 saturated carbocycles. The zero-order valence-electron chi connectivity index (χ0n) is 16.9. The molecule has 3 heterocycles. The van der Waals surface area contributed by atoms with Crippen LogP contribution in [0.15, 0.2) is 47.4 Å². The molecule has 2 aromatic carbocycles. The van der Waals surface area contributed by atoms with Crippen molar-refractivity contribution in [2.24, 2.45) is 0 Å². The summed E-state index contributed by atoms with van der Waals surface area (Å²) in [5, 5.41) is 0.515. The van der Waals surface area contributed by atoms with Crippen LogP contribution in [0.2, 0.25) is 0 Å². The van der Waals surface area contributed by atoms with Gasteiger partial charge in [-0.3, -0.25) is 4.79 Å². The first-order valence-electron chi connectivity index (χ1n) is 10.3. The van der Waals surface area contributed by atoms with Gasteiger partial charge in [-0.05, 0) is 66.6 Å². The molecule has 3 aromatic rings. The predicted molar refractivity (Wildman–Crippen MR) is 120 cm³/mol. The van der Waals surface area contributed by atoms with Gasteiger partial charge in [-0.15, -0.1) is 11.8 Å². The van der Waals surface area contributed by atoms with E-state index in [1.807, 2.05) is 11.8 Å². The van der Waals surface area contributed by atoms with E-state index in [9.17, 15) is 4.79 Å². The number of nitrogens with one attached hydrogen (secondary N) is 1. The van der Waals surface area contributed by atoms with Crippen LogP contribution in [0.1, 0.15) is 36.7 Å². The van der Waals surface area contributed by atoms with Crippen molar-refractivity contribution in [2.75, 3.05) is 6.54 Å². The van der Waals surface area contributed by atoms with Gasteiger partial charge in [0.1, 0.15) is 5.82 Å². The molecule has 0 fully saturated rings. The number of benzene rings is 2. The standard InChI is InChI=1S/C24H25N3OS/c1-15-5-10-23(29-15)24(28)27-11-3-4-17-6-7-18(12-20(17)14-27)19-8-9-21-22(13-19)26-16(2)25-21/h6-10,12-13,15H,3-5,11,14H2,1-2H3,(H,25,26). The largest absolute Gasteiger partial charge is 0.342 e. The summed E-state index contributed by atoms with van der Waals surface area (Å²) in [6, 6.07) is 13.1. The lowest BCUT2D eigenvalue weighted by Crippen LogP contribution is -2.31. The van der Waals surface area contributed by atoms with Gasteiger partial charge >= 0.3 is 0 Å². The highest BCUT2D eigenvalue weighted by atomic mass is 32.2. The molecule has 2 aliphatic rings. The number of carbonyl (C=O) groups excluding carboxylic acids is 1. The summed E-state index contributed by atoms with van der Waals surface area (Å²) in [5.41, 5.74) is 7.06. The number of aromatic amines is 1. The molecule has 0 spiro atoms. The minimum absolute atomic E-state index is 0.201. The first-order valence-corrected chi connectivity index (χ1v) is 11.2. The maximum Gasteiger partial charge on any atom is 0.260 e. The highest BCUT2D eigenvalue weighted by Crippen LogP contribution is 2.34. The van der Waals surface area contributed by atoms with E-state index >= 15 is 0 Å². The number of amides is 1. The Morgan fingerprint density at radius 3 is 2.83 bits per heavy atom. The van der Waals surface area contributed by atoms with Crippen molar-refractivity contribution < 1.29 is 4.79 Å². The van der Waals surface area contributed by atoms with Crippen LogP contribution in [0.4, 0.5) is 0 Å². The molecule has 1 aromatic heterocycles. The summed E-state index contributed by atoms with van der Waals surface area (Å²) in [6.07, 6.45) is 5.16. The fourth-order valence-corrected chi connectivity index (χ4v) is 5.36. The number of thioether (sulfide) groups is 1. The van der Waals surface area contributed by atoms with Gasteiger partial charge in [0.05, 0.1) is 15.9 Å². The Balaban J connectivity index is 1.45. The molecule has 4 nitrogen and oxygen atoms in total. The molecular formula is C24H25N3OS. The summed E-state index contributed by atoms with van der Waals surface area (Å²) in [7, 11) is 0. The number of rotatable bonds is 2. The topological polar surface area (TPSA) is 49.0 Å². The minimum atomic E-state index is 0.201. The van der Waals surface area contributed by atoms with Crippen molar-refractivity contribution in [1.82, 2.24) is 14.9 Å². The lowest BCUT2D eigenvalue weighted by Gasteiger charge is -2.22. The van der Waals surface area contributed by atoms with Crippen LogP contribution in [0, 0.1) is 6.92 Å². The van der Waals surface area contributed by atoms with E-state index in [-0.39, 0.29) is 5.91 Å². The summed E-state index contributed by atoms with van der Waals surface area (Å²) in [4.78, 5) is 23.8. The third kappa shape index (κ3) is 3.60. The SMILES string of the molecule is Cc1nc2ccc(-c3ccc4c(c3)CN(C(=O)C3=CCC(C)S3)CCC4)cc2[nH]1. The molecule has 148 valence electrons. The average Bonchev–Trinajstić information content (AvgIpc) is 3.24. The summed E-state index contributed by atoms with van der Waals surface area (Å²) in [6.45, 7) is 5.68. The summed E-state index contributed by atoms with van der Waals surface area (Å²) >= 11 is 1.72. The van der Waals surface area contributed by atoms with Gasteiger partial charge in [-0.25, -0.2) is 4.98 Å². The van der Waals surface area contributed by atoms with Crippen LogP contribution in [0.25, 0.3) is 22.2 Å². The monoisotopic (exact) mass is 403 g/mol. The highest BCUT2D eigenvalue weighted by molar-refractivity contribution is 8.04. The van der Waals surface area contributed by atoms with E-state index < -0.39 is 0 Å². The lowest BCUT2D eigenvalue weighted by molar-refractivity contribution is -0.126. The molecule has 1 amide bonds. The van der Waals surface area contributed by atoms with E-state index in [2.05, 4.69) is 59.4 Å². The van der Waals surface area contributed by atoms with Gasteiger partial charge in [0.15, 0.2) is 0 Å². The molecule has 0 saturated heterocycles. The normalized spacial score (nSPS) is 19.2. The fraction of sp³-hybridized carbons (Fsp3) is 0.333. The van der Waals surface area contributed by atoms with Crippen LogP contribution in [-0.4, -0.2) is 32.6 Å². The zero-order valence-corrected chi connectivity index (χ0v) is 17.7. The Kier molecular flexibility index (Phi) is 4.70. The number of hydrogen-bond donors (Lipinski definition) is 1. The van der Waals surface area contributed by atoms with Gasteiger partial charge in [0.2, 0.25) is 0 Å². The molecule has 2 aliphatic heterocycles. The maximum atomic E-state index is 13.0. The lowest BCUT2D eigenvalue weighted by atomic mass is 9.97. The molecule has 5 heteroatoms. The smallest absolute Gasteiger partial charge is 0.260 e. The maximum absolute atomic E-state index is 13.0. The molecule has 0 radical (unpaired) electrons. The first kappa shape index (κ1) is 18.5. The predicted octanol–water partition coefficient (Wildman–Crippen LogP) is 5.22. The van der Waals surface area contributed by atoms with E-state index in [1.165, 1.54) is 22.3 Å². The van der Waals surface area contributed by atoms with Crippen molar-refractivity contribution in [1.29, 1.82) is 0 Å². The fourth-order valence-electron chi connectivity index (χ4n) is 4.31. The average molecular weight is 404 g/mol. The number of hydrogen-bond acceptors (Lipinski definition) is 3. The first-order chi connectivity index (χ1) is 14.1. The number of nitrogens with zero attached hydrogens (tertiary/aromatic N) is 2. The Bertz CT molecular complexity index is 1130. The number of allylic oxidation sites excluding steroid dienone is 1. The second-order valence-corrected chi connectivity index (χ2v) is 9.58. The Labute approximate surface area is 175 Å². The van der Waals surface area contributed by atoms with E-state index in [0.717, 1.165) is 47.6 Å². The molecule has 0 aliphatic carbocycles. The molecule has 1 atom stereocenters. The number of carbonyl (C=O) groups is 1. The minimum Gasteiger partial charge on any atom is -0.342 e. The second-order valence-electron chi connectivity index (χ2n) is 8.10. The molecule has 1 N–H and O–H groups in total. The molecule has 1 unspecified atom stereocenters. The third-order valence-electron chi connectivity index (χ3n) is 5.84. The number of H-pyrrole nitrogens is 1. The zero-order chi connectivity index (χ0) is 20.0. The Morgan fingerprint density at radius 2 is 2.00 bits per heavy atom. The summed E-state index contributed by atoms with van der Waals surface area (Å²) in [5.74, 6) is 1.13. The molecule has 5 rings (SSSR count). The van der Waals surface area contributed by atoms with Gasteiger partial charge in [0.25, 0.3) is 5.91 Å². The van der Waals surface area contributed by atoms with Crippen LogP contribution in [0.5, 0.6) is 0 Å². The number of fused-ring (bicyclic) bond motifs is 2. The van der Waals surface area contributed by atoms with Crippen LogP contribution in [-0.2, 0) is 17.8 Å². The van der Waals surface area contributed by atoms with E-state index in [1.54, 1.807) is 11.8 Å². The quantitative estimate of drug-likeness (QED) is 0.638. The van der Waals surface area contributed by atoms with Crippen molar-refractivity contribution >= 4 is 28.7 Å². The van der Waals surface area contributed by atoms with Crippen molar-refractivity contribution in [3.05, 3.63) is 64.3 Å². The van der Waals surface area contributed by atoms with Crippen molar-refractivity contribution in [2.45, 2.75) is 44.9 Å². The van der Waals surface area contributed by atoms with Crippen LogP contribution in [0.3, 0.4) is 0 Å². The Morgan fingerprint density at radius 1 is 1.17 bits per heavy atom. The highest BCUT2D eigenvalue weighted by Gasteiger charge is 2.26. The number of aromatic nitrogens is 2. The van der Waals surface area contributed by atoms with Gasteiger partial charge in [0, 0.05) is 18.3 Å². The van der Waals surface area contributed by atoms with Crippen molar-refractivity contribution in [3.63, 3.8) is 0 Å². The summed E-state index contributed by atoms with van der Waals surface area (Å²) < 4.78 is 0.